The number of hydrogen-bond donors (Lipinski definition) is 1. The molecule has 0 spiro atoms. The first-order chi connectivity index (χ1) is 9.36. The van der Waals surface area contributed by atoms with E-state index in [-0.39, 0.29) is 0 Å². The minimum atomic E-state index is 0.759. The minimum Gasteiger partial charge on any atom is -0.310 e. The van der Waals surface area contributed by atoms with Crippen molar-refractivity contribution in [1.82, 2.24) is 5.32 Å². The normalized spacial score (nSPS) is 14.6. The Balaban J connectivity index is 1.88. The smallest absolute Gasteiger partial charge is 0.0214 e. The van der Waals surface area contributed by atoms with E-state index in [2.05, 4.69) is 60.8 Å². The molecule has 1 aliphatic rings. The molecule has 0 heterocycles. The van der Waals surface area contributed by atoms with E-state index in [1.807, 2.05) is 0 Å². The highest BCUT2D eigenvalue weighted by Crippen LogP contribution is 2.26. The first-order valence-electron chi connectivity index (χ1n) is 7.27. The number of rotatable bonds is 5. The standard InChI is InChI=1S/C18H21N/c1-2-14-6-5-8-15(12-14)18-9-4-3-7-16(18)13-19-17-10-11-17/h3-9,12,17,19H,2,10-11,13H2,1H3. The van der Waals surface area contributed by atoms with Crippen molar-refractivity contribution in [2.24, 2.45) is 0 Å². The topological polar surface area (TPSA) is 12.0 Å². The average molecular weight is 251 g/mol. The van der Waals surface area contributed by atoms with Gasteiger partial charge in [-0.05, 0) is 41.5 Å². The monoisotopic (exact) mass is 251 g/mol. The molecule has 0 unspecified atom stereocenters. The summed E-state index contributed by atoms with van der Waals surface area (Å²) < 4.78 is 0. The van der Waals surface area contributed by atoms with Crippen molar-refractivity contribution >= 4 is 0 Å². The lowest BCUT2D eigenvalue weighted by Crippen LogP contribution is -2.15. The highest BCUT2D eigenvalue weighted by molar-refractivity contribution is 5.68. The molecule has 0 amide bonds. The Morgan fingerprint density at radius 3 is 2.68 bits per heavy atom. The Morgan fingerprint density at radius 2 is 1.89 bits per heavy atom. The van der Waals surface area contributed by atoms with Crippen LogP contribution in [-0.2, 0) is 13.0 Å². The van der Waals surface area contributed by atoms with Gasteiger partial charge in [0.15, 0.2) is 0 Å². The van der Waals surface area contributed by atoms with Crippen LogP contribution in [0.25, 0.3) is 11.1 Å². The summed E-state index contributed by atoms with van der Waals surface area (Å²) in [4.78, 5) is 0. The van der Waals surface area contributed by atoms with Crippen LogP contribution in [0.1, 0.15) is 30.9 Å². The molecular weight excluding hydrogens is 230 g/mol. The van der Waals surface area contributed by atoms with E-state index < -0.39 is 0 Å². The van der Waals surface area contributed by atoms with Crippen LogP contribution in [0.3, 0.4) is 0 Å². The zero-order valence-electron chi connectivity index (χ0n) is 11.5. The van der Waals surface area contributed by atoms with Gasteiger partial charge >= 0.3 is 0 Å². The zero-order valence-corrected chi connectivity index (χ0v) is 11.5. The van der Waals surface area contributed by atoms with Crippen LogP contribution < -0.4 is 5.32 Å². The third-order valence-electron chi connectivity index (χ3n) is 3.82. The first-order valence-corrected chi connectivity index (χ1v) is 7.27. The van der Waals surface area contributed by atoms with Gasteiger partial charge in [0.05, 0.1) is 0 Å². The summed E-state index contributed by atoms with van der Waals surface area (Å²) in [6.07, 6.45) is 3.78. The molecule has 1 aliphatic carbocycles. The second-order valence-corrected chi connectivity index (χ2v) is 5.37. The van der Waals surface area contributed by atoms with Crippen molar-refractivity contribution in [2.75, 3.05) is 0 Å². The predicted octanol–water partition coefficient (Wildman–Crippen LogP) is 4.17. The maximum Gasteiger partial charge on any atom is 0.0214 e. The van der Waals surface area contributed by atoms with Gasteiger partial charge in [0.1, 0.15) is 0 Å². The lowest BCUT2D eigenvalue weighted by molar-refractivity contribution is 0.689. The van der Waals surface area contributed by atoms with Gasteiger partial charge in [-0.15, -0.1) is 0 Å². The summed E-state index contributed by atoms with van der Waals surface area (Å²) in [6.45, 7) is 3.19. The molecule has 19 heavy (non-hydrogen) atoms. The van der Waals surface area contributed by atoms with Gasteiger partial charge in [-0.25, -0.2) is 0 Å². The van der Waals surface area contributed by atoms with Gasteiger partial charge in [0, 0.05) is 12.6 Å². The quantitative estimate of drug-likeness (QED) is 0.841. The molecule has 0 aliphatic heterocycles. The van der Waals surface area contributed by atoms with Crippen LogP contribution in [-0.4, -0.2) is 6.04 Å². The maximum absolute atomic E-state index is 3.61. The molecule has 0 atom stereocenters. The maximum atomic E-state index is 3.61. The molecule has 1 N–H and O–H groups in total. The number of nitrogens with one attached hydrogen (secondary N) is 1. The highest BCUT2D eigenvalue weighted by atomic mass is 14.9. The van der Waals surface area contributed by atoms with E-state index in [0.29, 0.717) is 0 Å². The van der Waals surface area contributed by atoms with Crippen molar-refractivity contribution in [3.63, 3.8) is 0 Å². The van der Waals surface area contributed by atoms with Gasteiger partial charge in [-0.2, -0.15) is 0 Å². The van der Waals surface area contributed by atoms with E-state index in [9.17, 15) is 0 Å². The number of aryl methyl sites for hydroxylation is 1. The van der Waals surface area contributed by atoms with Crippen molar-refractivity contribution in [3.05, 3.63) is 59.7 Å². The molecule has 0 aromatic heterocycles. The SMILES string of the molecule is CCc1cccc(-c2ccccc2CNC2CC2)c1. The van der Waals surface area contributed by atoms with Crippen LogP contribution in [0.2, 0.25) is 0 Å². The second kappa shape index (κ2) is 5.58. The molecule has 1 heteroatoms. The second-order valence-electron chi connectivity index (χ2n) is 5.37. The van der Waals surface area contributed by atoms with Crippen LogP contribution in [0, 0.1) is 0 Å². The van der Waals surface area contributed by atoms with E-state index >= 15 is 0 Å². The first kappa shape index (κ1) is 12.4. The third-order valence-corrected chi connectivity index (χ3v) is 3.82. The van der Waals surface area contributed by atoms with Crippen LogP contribution in [0.4, 0.5) is 0 Å². The van der Waals surface area contributed by atoms with E-state index in [0.717, 1.165) is 19.0 Å². The Labute approximate surface area is 115 Å². The Kier molecular flexibility index (Phi) is 3.65. The molecule has 2 aromatic carbocycles. The molecule has 1 fully saturated rings. The zero-order chi connectivity index (χ0) is 13.1. The van der Waals surface area contributed by atoms with Gasteiger partial charge < -0.3 is 5.32 Å². The van der Waals surface area contributed by atoms with Crippen molar-refractivity contribution in [1.29, 1.82) is 0 Å². The third kappa shape index (κ3) is 3.05. The minimum absolute atomic E-state index is 0.759. The average Bonchev–Trinajstić information content (AvgIpc) is 3.30. The predicted molar refractivity (Wildman–Crippen MR) is 81.1 cm³/mol. The molecule has 0 bridgehead atoms. The number of benzene rings is 2. The van der Waals surface area contributed by atoms with Crippen LogP contribution in [0.15, 0.2) is 48.5 Å². The van der Waals surface area contributed by atoms with Crippen LogP contribution >= 0.6 is 0 Å². The lowest BCUT2D eigenvalue weighted by Gasteiger charge is -2.11. The fourth-order valence-electron chi connectivity index (χ4n) is 2.46. The molecular formula is C18H21N. The van der Waals surface area contributed by atoms with E-state index in [1.165, 1.54) is 35.1 Å². The Morgan fingerprint density at radius 1 is 1.05 bits per heavy atom. The van der Waals surface area contributed by atoms with Crippen molar-refractivity contribution < 1.29 is 0 Å². The van der Waals surface area contributed by atoms with Gasteiger partial charge in [0.2, 0.25) is 0 Å². The van der Waals surface area contributed by atoms with Crippen molar-refractivity contribution in [2.45, 2.75) is 38.8 Å². The molecule has 3 rings (SSSR count). The summed E-state index contributed by atoms with van der Waals surface area (Å²) >= 11 is 0. The molecule has 0 radical (unpaired) electrons. The van der Waals surface area contributed by atoms with Crippen molar-refractivity contribution in [3.8, 4) is 11.1 Å². The van der Waals surface area contributed by atoms with E-state index in [4.69, 9.17) is 0 Å². The van der Waals surface area contributed by atoms with Crippen LogP contribution in [0.5, 0.6) is 0 Å². The van der Waals surface area contributed by atoms with Gasteiger partial charge in [-0.1, -0.05) is 55.5 Å². The van der Waals surface area contributed by atoms with E-state index in [1.54, 1.807) is 0 Å². The largest absolute Gasteiger partial charge is 0.310 e. The van der Waals surface area contributed by atoms with Gasteiger partial charge in [-0.3, -0.25) is 0 Å². The Hall–Kier alpha value is -1.60. The molecule has 1 saturated carbocycles. The number of hydrogen-bond acceptors (Lipinski definition) is 1. The summed E-state index contributed by atoms with van der Waals surface area (Å²) in [7, 11) is 0. The summed E-state index contributed by atoms with van der Waals surface area (Å²) in [6, 6.07) is 18.4. The molecule has 2 aromatic rings. The van der Waals surface area contributed by atoms with Gasteiger partial charge in [0.25, 0.3) is 0 Å². The summed E-state index contributed by atoms with van der Waals surface area (Å²) in [5, 5.41) is 3.61. The molecule has 98 valence electrons. The fourth-order valence-corrected chi connectivity index (χ4v) is 2.46. The lowest BCUT2D eigenvalue weighted by atomic mass is 9.97. The molecule has 1 nitrogen and oxygen atoms in total. The summed E-state index contributed by atoms with van der Waals surface area (Å²) in [5.74, 6) is 0. The Bertz CT molecular complexity index is 555. The summed E-state index contributed by atoms with van der Waals surface area (Å²) in [5.41, 5.74) is 5.52. The molecule has 0 saturated heterocycles. The highest BCUT2D eigenvalue weighted by Gasteiger charge is 2.20. The fraction of sp³-hybridized carbons (Fsp3) is 0.333.